The van der Waals surface area contributed by atoms with Crippen molar-refractivity contribution in [1.29, 1.82) is 0 Å². The predicted octanol–water partition coefficient (Wildman–Crippen LogP) is 2.85. The molecule has 1 saturated heterocycles. The van der Waals surface area contributed by atoms with Crippen molar-refractivity contribution >= 4 is 11.7 Å². The van der Waals surface area contributed by atoms with Crippen molar-refractivity contribution in [3.63, 3.8) is 0 Å². The second-order valence-corrected chi connectivity index (χ2v) is 6.20. The van der Waals surface area contributed by atoms with Crippen molar-refractivity contribution in [1.82, 2.24) is 15.1 Å². The molecule has 1 N–H and O–H groups in total. The van der Waals surface area contributed by atoms with Crippen LogP contribution in [0.25, 0.3) is 0 Å². The maximum atomic E-state index is 12.3. The maximum absolute atomic E-state index is 12.3. The summed E-state index contributed by atoms with van der Waals surface area (Å²) < 4.78 is 16.7. The lowest BCUT2D eigenvalue weighted by Crippen LogP contribution is -2.30. The molecule has 0 radical (unpaired) electrons. The number of aromatic nitrogens is 2. The number of nitrogens with zero attached hydrogens (tertiary/aromatic N) is 3. The summed E-state index contributed by atoms with van der Waals surface area (Å²) in [6, 6.07) is 7.01. The second kappa shape index (κ2) is 8.66. The fraction of sp³-hybridized carbons (Fsp3) is 0.500. The highest BCUT2D eigenvalue weighted by atomic mass is 16.5. The molecule has 1 aromatic heterocycles. The van der Waals surface area contributed by atoms with Crippen molar-refractivity contribution in [3.8, 4) is 5.75 Å². The Labute approximate surface area is 152 Å². The predicted molar refractivity (Wildman–Crippen MR) is 95.1 cm³/mol. The summed E-state index contributed by atoms with van der Waals surface area (Å²) >= 11 is 0. The molecular weight excluding hydrogens is 336 g/mol. The van der Waals surface area contributed by atoms with Gasteiger partial charge in [0.05, 0.1) is 6.10 Å². The summed E-state index contributed by atoms with van der Waals surface area (Å²) in [7, 11) is 1.67. The van der Waals surface area contributed by atoms with Crippen LogP contribution in [-0.2, 0) is 17.7 Å². The quantitative estimate of drug-likeness (QED) is 0.817. The second-order valence-electron chi connectivity index (χ2n) is 6.20. The number of carbonyl (C=O) groups is 1. The third kappa shape index (κ3) is 4.95. The Kier molecular flexibility index (Phi) is 6.06. The Hall–Kier alpha value is -2.61. The van der Waals surface area contributed by atoms with Gasteiger partial charge in [0.2, 0.25) is 11.8 Å². The van der Waals surface area contributed by atoms with Gasteiger partial charge in [-0.3, -0.25) is 0 Å². The molecule has 8 heteroatoms. The third-order valence-electron chi connectivity index (χ3n) is 4.10. The van der Waals surface area contributed by atoms with E-state index in [9.17, 15) is 4.79 Å². The standard InChI is InChI=1S/C18H24N4O4/c1-3-16-20-21-17(26-16)11-22(2)18(23)19-13-6-8-14(9-7-13)25-12-15-5-4-10-24-15/h6-9,15H,3-5,10-12H2,1-2H3,(H,19,23)/t15-/m1/s1. The van der Waals surface area contributed by atoms with E-state index in [4.69, 9.17) is 13.9 Å². The number of anilines is 1. The van der Waals surface area contributed by atoms with Crippen LogP contribution < -0.4 is 10.1 Å². The number of nitrogens with one attached hydrogen (secondary N) is 1. The zero-order chi connectivity index (χ0) is 18.4. The van der Waals surface area contributed by atoms with Crippen LogP contribution in [0.2, 0.25) is 0 Å². The molecular formula is C18H24N4O4. The number of hydrogen-bond acceptors (Lipinski definition) is 6. The average molecular weight is 360 g/mol. The minimum atomic E-state index is -0.255. The minimum absolute atomic E-state index is 0.181. The summed E-state index contributed by atoms with van der Waals surface area (Å²) in [4.78, 5) is 13.7. The molecule has 2 heterocycles. The maximum Gasteiger partial charge on any atom is 0.322 e. The normalized spacial score (nSPS) is 16.5. The van der Waals surface area contributed by atoms with Crippen LogP contribution in [0.3, 0.4) is 0 Å². The molecule has 2 aromatic rings. The minimum Gasteiger partial charge on any atom is -0.491 e. The van der Waals surface area contributed by atoms with E-state index in [2.05, 4.69) is 15.5 Å². The molecule has 140 valence electrons. The van der Waals surface area contributed by atoms with Crippen LogP contribution in [0.5, 0.6) is 5.75 Å². The Balaban J connectivity index is 1.46. The van der Waals surface area contributed by atoms with Crippen molar-refractivity contribution in [3.05, 3.63) is 36.0 Å². The van der Waals surface area contributed by atoms with Gasteiger partial charge in [-0.25, -0.2) is 4.79 Å². The number of amides is 2. The zero-order valence-corrected chi connectivity index (χ0v) is 15.1. The van der Waals surface area contributed by atoms with Crippen molar-refractivity contribution < 1.29 is 18.7 Å². The molecule has 1 atom stereocenters. The first-order valence-electron chi connectivity index (χ1n) is 8.82. The van der Waals surface area contributed by atoms with Gasteiger partial charge in [-0.15, -0.1) is 10.2 Å². The van der Waals surface area contributed by atoms with Gasteiger partial charge in [-0.2, -0.15) is 0 Å². The van der Waals surface area contributed by atoms with E-state index < -0.39 is 0 Å². The van der Waals surface area contributed by atoms with Crippen molar-refractivity contribution in [2.45, 2.75) is 38.8 Å². The summed E-state index contributed by atoms with van der Waals surface area (Å²) in [5, 5.41) is 10.6. The molecule has 0 unspecified atom stereocenters. The molecule has 0 saturated carbocycles. The van der Waals surface area contributed by atoms with Gasteiger partial charge in [0, 0.05) is 25.8 Å². The summed E-state index contributed by atoms with van der Waals surface area (Å²) in [5.74, 6) is 1.73. The van der Waals surface area contributed by atoms with Gasteiger partial charge in [-0.1, -0.05) is 6.92 Å². The number of rotatable bonds is 7. The van der Waals surface area contributed by atoms with Crippen LogP contribution in [0.15, 0.2) is 28.7 Å². The van der Waals surface area contributed by atoms with Crippen LogP contribution in [-0.4, -0.2) is 47.5 Å². The molecule has 26 heavy (non-hydrogen) atoms. The topological polar surface area (TPSA) is 89.7 Å². The number of ether oxygens (including phenoxy) is 2. The lowest BCUT2D eigenvalue weighted by atomic mass is 10.2. The van der Waals surface area contributed by atoms with E-state index in [-0.39, 0.29) is 18.7 Å². The van der Waals surface area contributed by atoms with Gasteiger partial charge < -0.3 is 24.1 Å². The number of carbonyl (C=O) groups excluding carboxylic acids is 1. The number of benzene rings is 1. The summed E-state index contributed by atoms with van der Waals surface area (Å²) in [5.41, 5.74) is 0.686. The number of aryl methyl sites for hydroxylation is 1. The first-order valence-corrected chi connectivity index (χ1v) is 8.82. The Morgan fingerprint density at radius 2 is 2.08 bits per heavy atom. The molecule has 1 aliphatic heterocycles. The smallest absolute Gasteiger partial charge is 0.322 e. The van der Waals surface area contributed by atoms with Crippen LogP contribution in [0.1, 0.15) is 31.5 Å². The number of hydrogen-bond donors (Lipinski definition) is 1. The molecule has 1 aliphatic rings. The van der Waals surface area contributed by atoms with E-state index in [0.29, 0.717) is 30.5 Å². The van der Waals surface area contributed by atoms with Crippen molar-refractivity contribution in [2.24, 2.45) is 0 Å². The lowest BCUT2D eigenvalue weighted by Gasteiger charge is -2.16. The first kappa shape index (κ1) is 18.2. The fourth-order valence-electron chi connectivity index (χ4n) is 2.59. The van der Waals surface area contributed by atoms with Gasteiger partial charge in [-0.05, 0) is 37.1 Å². The first-order chi connectivity index (χ1) is 12.6. The Bertz CT molecular complexity index is 710. The molecule has 0 spiro atoms. The largest absolute Gasteiger partial charge is 0.491 e. The van der Waals surface area contributed by atoms with Crippen LogP contribution >= 0.6 is 0 Å². The van der Waals surface area contributed by atoms with Gasteiger partial charge >= 0.3 is 6.03 Å². The van der Waals surface area contributed by atoms with Gasteiger partial charge in [0.25, 0.3) is 0 Å². The molecule has 0 bridgehead atoms. The average Bonchev–Trinajstić information content (AvgIpc) is 3.32. The van der Waals surface area contributed by atoms with Crippen LogP contribution in [0, 0.1) is 0 Å². The molecule has 0 aliphatic carbocycles. The van der Waals surface area contributed by atoms with Gasteiger partial charge in [0.1, 0.15) is 18.9 Å². The third-order valence-corrected chi connectivity index (χ3v) is 4.10. The van der Waals surface area contributed by atoms with Crippen molar-refractivity contribution in [2.75, 3.05) is 25.6 Å². The van der Waals surface area contributed by atoms with E-state index in [1.54, 1.807) is 19.2 Å². The fourth-order valence-corrected chi connectivity index (χ4v) is 2.59. The zero-order valence-electron chi connectivity index (χ0n) is 15.1. The lowest BCUT2D eigenvalue weighted by molar-refractivity contribution is 0.0679. The summed E-state index contributed by atoms with van der Waals surface area (Å²) in [6.45, 7) is 3.55. The SMILES string of the molecule is CCc1nnc(CN(C)C(=O)Nc2ccc(OC[C@H]3CCCO3)cc2)o1. The molecule has 1 aromatic carbocycles. The Morgan fingerprint density at radius 1 is 1.31 bits per heavy atom. The summed E-state index contributed by atoms with van der Waals surface area (Å²) in [6.07, 6.45) is 2.99. The van der Waals surface area contributed by atoms with Crippen LogP contribution in [0.4, 0.5) is 10.5 Å². The Morgan fingerprint density at radius 3 is 2.73 bits per heavy atom. The highest BCUT2D eigenvalue weighted by molar-refractivity contribution is 5.89. The monoisotopic (exact) mass is 360 g/mol. The highest BCUT2D eigenvalue weighted by Crippen LogP contribution is 2.19. The van der Waals surface area contributed by atoms with Gasteiger partial charge in [0.15, 0.2) is 0 Å². The number of urea groups is 1. The molecule has 1 fully saturated rings. The highest BCUT2D eigenvalue weighted by Gasteiger charge is 2.16. The molecule has 2 amide bonds. The van der Waals surface area contributed by atoms with E-state index in [1.807, 2.05) is 19.1 Å². The molecule has 8 nitrogen and oxygen atoms in total. The van der Waals surface area contributed by atoms with E-state index in [0.717, 1.165) is 25.2 Å². The van der Waals surface area contributed by atoms with E-state index in [1.165, 1.54) is 4.90 Å². The molecule has 3 rings (SSSR count). The van der Waals surface area contributed by atoms with E-state index >= 15 is 0 Å².